The van der Waals surface area contributed by atoms with Gasteiger partial charge < -0.3 is 9.80 Å². The molecule has 0 radical (unpaired) electrons. The largest absolute Gasteiger partial charge is 0.371 e. The highest BCUT2D eigenvalue weighted by Gasteiger charge is 2.36. The number of hydrogen-bond donors (Lipinski definition) is 0. The molecule has 2 aliphatic rings. The van der Waals surface area contributed by atoms with Gasteiger partial charge in [0.25, 0.3) is 0 Å². The third-order valence-corrected chi connectivity index (χ3v) is 6.84. The number of piperidine rings is 1. The zero-order valence-corrected chi connectivity index (χ0v) is 14.3. The maximum atomic E-state index is 12.5. The Kier molecular flexibility index (Phi) is 4.62. The van der Waals surface area contributed by atoms with E-state index in [1.165, 1.54) is 5.69 Å². The van der Waals surface area contributed by atoms with E-state index in [4.69, 9.17) is 0 Å². The lowest BCUT2D eigenvalue weighted by Crippen LogP contribution is -2.47. The number of para-hydroxylation sites is 1. The summed E-state index contributed by atoms with van der Waals surface area (Å²) in [5, 5.41) is 0. The van der Waals surface area contributed by atoms with Crippen molar-refractivity contribution in [2.75, 3.05) is 36.5 Å². The summed E-state index contributed by atoms with van der Waals surface area (Å²) in [4.78, 5) is 16.6. The maximum Gasteiger partial charge on any atom is 0.226 e. The molecule has 0 unspecified atom stereocenters. The molecule has 2 fully saturated rings. The van der Waals surface area contributed by atoms with Gasteiger partial charge in [-0.15, -0.1) is 0 Å². The fourth-order valence-corrected chi connectivity index (χ4v) is 5.33. The zero-order chi connectivity index (χ0) is 16.4. The van der Waals surface area contributed by atoms with Crippen molar-refractivity contribution in [3.8, 4) is 0 Å². The Balaban J connectivity index is 1.55. The van der Waals surface area contributed by atoms with E-state index >= 15 is 0 Å². The molecule has 1 aromatic rings. The summed E-state index contributed by atoms with van der Waals surface area (Å²) < 4.78 is 23.1. The monoisotopic (exact) mass is 336 g/mol. The molecular formula is C17H24N2O3S. The fourth-order valence-electron chi connectivity index (χ4n) is 3.60. The van der Waals surface area contributed by atoms with E-state index in [1.54, 1.807) is 0 Å². The summed E-state index contributed by atoms with van der Waals surface area (Å²) >= 11 is 0. The van der Waals surface area contributed by atoms with Crippen molar-refractivity contribution in [1.82, 2.24) is 4.90 Å². The van der Waals surface area contributed by atoms with Crippen LogP contribution in [-0.4, -0.2) is 56.9 Å². The third kappa shape index (κ3) is 3.68. The van der Waals surface area contributed by atoms with Crippen LogP contribution >= 0.6 is 0 Å². The Morgan fingerprint density at radius 2 is 1.78 bits per heavy atom. The lowest BCUT2D eigenvalue weighted by atomic mass is 10.00. The van der Waals surface area contributed by atoms with E-state index in [2.05, 4.69) is 24.1 Å². The molecule has 0 aromatic heterocycles. The quantitative estimate of drug-likeness (QED) is 0.840. The second kappa shape index (κ2) is 6.51. The van der Waals surface area contributed by atoms with Crippen LogP contribution in [0.1, 0.15) is 19.3 Å². The number of carbonyl (C=O) groups excluding carboxylic acids is 1. The SMILES string of the molecule is CN(c1ccccc1)C1CCN(C(=O)[C@@H]2CCS(=O)(=O)C2)CC1. The van der Waals surface area contributed by atoms with Crippen molar-refractivity contribution >= 4 is 21.4 Å². The summed E-state index contributed by atoms with van der Waals surface area (Å²) in [6, 6.07) is 10.7. The van der Waals surface area contributed by atoms with E-state index in [0.717, 1.165) is 25.9 Å². The summed E-state index contributed by atoms with van der Waals surface area (Å²) in [5.74, 6) is -0.0814. The van der Waals surface area contributed by atoms with Crippen LogP contribution in [0.5, 0.6) is 0 Å². The molecule has 2 heterocycles. The molecule has 0 bridgehead atoms. The second-order valence-electron chi connectivity index (χ2n) is 6.60. The minimum Gasteiger partial charge on any atom is -0.371 e. The predicted octanol–water partition coefficient (Wildman–Crippen LogP) is 1.55. The first kappa shape index (κ1) is 16.3. The van der Waals surface area contributed by atoms with Crippen molar-refractivity contribution in [3.05, 3.63) is 30.3 Å². The number of sulfone groups is 1. The third-order valence-electron chi connectivity index (χ3n) is 5.07. The highest BCUT2D eigenvalue weighted by Crippen LogP contribution is 2.25. The maximum absolute atomic E-state index is 12.5. The van der Waals surface area contributed by atoms with E-state index in [-0.39, 0.29) is 23.3 Å². The molecule has 3 rings (SSSR count). The van der Waals surface area contributed by atoms with Gasteiger partial charge in [0.1, 0.15) is 0 Å². The van der Waals surface area contributed by atoms with Crippen molar-refractivity contribution in [1.29, 1.82) is 0 Å². The lowest BCUT2D eigenvalue weighted by Gasteiger charge is -2.38. The van der Waals surface area contributed by atoms with E-state index < -0.39 is 9.84 Å². The summed E-state index contributed by atoms with van der Waals surface area (Å²) in [7, 11) is -0.897. The van der Waals surface area contributed by atoms with Gasteiger partial charge in [0.2, 0.25) is 5.91 Å². The molecule has 1 amide bonds. The van der Waals surface area contributed by atoms with Crippen molar-refractivity contribution in [2.45, 2.75) is 25.3 Å². The Bertz CT molecular complexity index is 652. The van der Waals surface area contributed by atoms with Crippen molar-refractivity contribution < 1.29 is 13.2 Å². The molecule has 0 N–H and O–H groups in total. The molecule has 1 aromatic carbocycles. The lowest BCUT2D eigenvalue weighted by molar-refractivity contribution is -0.135. The number of likely N-dealkylation sites (tertiary alicyclic amines) is 1. The molecule has 0 aliphatic carbocycles. The summed E-state index contributed by atoms with van der Waals surface area (Å²) in [6.45, 7) is 1.44. The van der Waals surface area contributed by atoms with Gasteiger partial charge in [0, 0.05) is 31.9 Å². The van der Waals surface area contributed by atoms with E-state index in [1.807, 2.05) is 23.1 Å². The van der Waals surface area contributed by atoms with Crippen LogP contribution in [-0.2, 0) is 14.6 Å². The summed E-state index contributed by atoms with van der Waals surface area (Å²) in [5.41, 5.74) is 1.19. The van der Waals surface area contributed by atoms with Crippen LogP contribution in [0.2, 0.25) is 0 Å². The fraction of sp³-hybridized carbons (Fsp3) is 0.588. The molecule has 126 valence electrons. The molecule has 2 saturated heterocycles. The van der Waals surface area contributed by atoms with Crippen LogP contribution in [0.15, 0.2) is 30.3 Å². The Morgan fingerprint density at radius 3 is 2.35 bits per heavy atom. The average Bonchev–Trinajstić information content (AvgIpc) is 2.94. The van der Waals surface area contributed by atoms with Crippen LogP contribution in [0.25, 0.3) is 0 Å². The molecule has 0 spiro atoms. The first-order valence-electron chi connectivity index (χ1n) is 8.23. The molecule has 2 aliphatic heterocycles. The summed E-state index contributed by atoms with van der Waals surface area (Å²) in [6.07, 6.45) is 2.35. The van der Waals surface area contributed by atoms with Crippen LogP contribution in [0.3, 0.4) is 0 Å². The molecule has 1 atom stereocenters. The van der Waals surface area contributed by atoms with E-state index in [0.29, 0.717) is 12.5 Å². The van der Waals surface area contributed by atoms with Gasteiger partial charge in [-0.25, -0.2) is 8.42 Å². The number of amides is 1. The highest BCUT2D eigenvalue weighted by molar-refractivity contribution is 7.91. The van der Waals surface area contributed by atoms with Crippen molar-refractivity contribution in [3.63, 3.8) is 0 Å². The van der Waals surface area contributed by atoms with Gasteiger partial charge in [-0.1, -0.05) is 18.2 Å². The number of benzene rings is 1. The average molecular weight is 336 g/mol. The predicted molar refractivity (Wildman–Crippen MR) is 91.2 cm³/mol. The Labute approximate surface area is 138 Å². The number of hydrogen-bond acceptors (Lipinski definition) is 4. The van der Waals surface area contributed by atoms with Crippen molar-refractivity contribution in [2.24, 2.45) is 5.92 Å². The van der Waals surface area contributed by atoms with Gasteiger partial charge in [0.15, 0.2) is 9.84 Å². The molecule has 5 nitrogen and oxygen atoms in total. The molecule has 6 heteroatoms. The first-order valence-corrected chi connectivity index (χ1v) is 10.1. The van der Waals surface area contributed by atoms with Crippen LogP contribution < -0.4 is 4.90 Å². The molecule has 0 saturated carbocycles. The number of nitrogens with zero attached hydrogens (tertiary/aromatic N) is 2. The van der Waals surface area contributed by atoms with Crippen LogP contribution in [0.4, 0.5) is 5.69 Å². The normalized spacial score (nSPS) is 24.6. The number of anilines is 1. The first-order chi connectivity index (χ1) is 11.0. The number of carbonyl (C=O) groups is 1. The van der Waals surface area contributed by atoms with Gasteiger partial charge in [-0.3, -0.25) is 4.79 Å². The van der Waals surface area contributed by atoms with Gasteiger partial charge in [-0.05, 0) is 31.4 Å². The topological polar surface area (TPSA) is 57.7 Å². The second-order valence-corrected chi connectivity index (χ2v) is 8.83. The molecule has 23 heavy (non-hydrogen) atoms. The minimum absolute atomic E-state index is 0.0342. The standard InChI is InChI=1S/C17H24N2O3S/c1-18(15-5-3-2-4-6-15)16-7-10-19(11-8-16)17(20)14-9-12-23(21,22)13-14/h2-6,14,16H,7-13H2,1H3/t14-/m1/s1. The molecular weight excluding hydrogens is 312 g/mol. The highest BCUT2D eigenvalue weighted by atomic mass is 32.2. The Morgan fingerprint density at radius 1 is 1.13 bits per heavy atom. The smallest absolute Gasteiger partial charge is 0.226 e. The Hall–Kier alpha value is -1.56. The number of rotatable bonds is 3. The van der Waals surface area contributed by atoms with E-state index in [9.17, 15) is 13.2 Å². The zero-order valence-electron chi connectivity index (χ0n) is 13.5. The van der Waals surface area contributed by atoms with Gasteiger partial charge >= 0.3 is 0 Å². The minimum atomic E-state index is -3.00. The van der Waals surface area contributed by atoms with Crippen LogP contribution in [0, 0.1) is 5.92 Å². The van der Waals surface area contributed by atoms with Gasteiger partial charge in [0.05, 0.1) is 17.4 Å². The van der Waals surface area contributed by atoms with Gasteiger partial charge in [-0.2, -0.15) is 0 Å².